The van der Waals surface area contributed by atoms with Crippen LogP contribution < -0.4 is 5.73 Å². The number of nitrogen functional groups attached to an aromatic ring is 1. The van der Waals surface area contributed by atoms with Gasteiger partial charge >= 0.3 is 0 Å². The molecule has 1 aliphatic heterocycles. The molecule has 6 heteroatoms. The van der Waals surface area contributed by atoms with E-state index in [1.165, 1.54) is 11.3 Å². The quantitative estimate of drug-likeness (QED) is 0.778. The lowest BCUT2D eigenvalue weighted by molar-refractivity contribution is -0.133. The summed E-state index contributed by atoms with van der Waals surface area (Å²) in [7, 11) is 0. The second-order valence-electron chi connectivity index (χ2n) is 3.99. The third-order valence-electron chi connectivity index (χ3n) is 2.65. The number of nitrogens with two attached hydrogens (primary N) is 1. The number of carbonyl (C=O) groups is 1. The molecule has 1 aromatic rings. The maximum absolute atomic E-state index is 11.9. The van der Waals surface area contributed by atoms with E-state index >= 15 is 0 Å². The first-order chi connectivity index (χ1) is 7.65. The smallest absolute Gasteiger partial charge is 0.228 e. The number of likely N-dealkylation sites (tertiary alicyclic amines) is 1. The SMILES string of the molecule is Nc1nc(CC(=O)N2CCC[C@H](O)C2)cs1. The highest BCUT2D eigenvalue weighted by Gasteiger charge is 2.22. The van der Waals surface area contributed by atoms with Gasteiger partial charge in [0, 0.05) is 18.5 Å². The molecule has 88 valence electrons. The largest absolute Gasteiger partial charge is 0.391 e. The molecule has 0 aromatic carbocycles. The molecule has 1 atom stereocenters. The molecule has 2 rings (SSSR count). The van der Waals surface area contributed by atoms with Crippen molar-refractivity contribution in [2.24, 2.45) is 0 Å². The summed E-state index contributed by atoms with van der Waals surface area (Å²) in [4.78, 5) is 17.6. The number of aliphatic hydroxyl groups is 1. The number of nitrogens with zero attached hydrogens (tertiary/aromatic N) is 2. The molecule has 1 aromatic heterocycles. The number of aromatic nitrogens is 1. The van der Waals surface area contributed by atoms with E-state index in [1.54, 1.807) is 10.3 Å². The van der Waals surface area contributed by atoms with Crippen LogP contribution in [0.5, 0.6) is 0 Å². The van der Waals surface area contributed by atoms with Crippen molar-refractivity contribution in [1.29, 1.82) is 0 Å². The zero-order valence-electron chi connectivity index (χ0n) is 8.93. The molecule has 0 saturated carbocycles. The van der Waals surface area contributed by atoms with E-state index in [2.05, 4.69) is 4.98 Å². The van der Waals surface area contributed by atoms with Gasteiger partial charge in [0.2, 0.25) is 5.91 Å². The van der Waals surface area contributed by atoms with Gasteiger partial charge in [-0.1, -0.05) is 0 Å². The molecule has 1 saturated heterocycles. The van der Waals surface area contributed by atoms with Crippen LogP contribution in [0.4, 0.5) is 5.13 Å². The predicted octanol–water partition coefficient (Wildman–Crippen LogP) is 0.251. The fourth-order valence-corrected chi connectivity index (χ4v) is 2.41. The highest BCUT2D eigenvalue weighted by molar-refractivity contribution is 7.13. The summed E-state index contributed by atoms with van der Waals surface area (Å²) in [6.45, 7) is 1.17. The van der Waals surface area contributed by atoms with Crippen molar-refractivity contribution in [3.05, 3.63) is 11.1 Å². The van der Waals surface area contributed by atoms with Crippen molar-refractivity contribution in [2.75, 3.05) is 18.8 Å². The van der Waals surface area contributed by atoms with Crippen LogP contribution in [0.1, 0.15) is 18.5 Å². The fourth-order valence-electron chi connectivity index (χ4n) is 1.85. The van der Waals surface area contributed by atoms with Crippen LogP contribution in [0.3, 0.4) is 0 Å². The second kappa shape index (κ2) is 4.80. The lowest BCUT2D eigenvalue weighted by atomic mass is 10.1. The van der Waals surface area contributed by atoms with Gasteiger partial charge in [-0.2, -0.15) is 0 Å². The zero-order chi connectivity index (χ0) is 11.5. The molecule has 0 radical (unpaired) electrons. The lowest BCUT2D eigenvalue weighted by Gasteiger charge is -2.29. The van der Waals surface area contributed by atoms with E-state index in [1.807, 2.05) is 0 Å². The summed E-state index contributed by atoms with van der Waals surface area (Å²) in [5.41, 5.74) is 6.21. The number of hydrogen-bond donors (Lipinski definition) is 2. The van der Waals surface area contributed by atoms with Gasteiger partial charge in [0.1, 0.15) is 0 Å². The number of hydrogen-bond acceptors (Lipinski definition) is 5. The Morgan fingerprint density at radius 1 is 1.75 bits per heavy atom. The summed E-state index contributed by atoms with van der Waals surface area (Å²) in [5, 5.41) is 11.8. The Hall–Kier alpha value is -1.14. The van der Waals surface area contributed by atoms with Crippen molar-refractivity contribution in [1.82, 2.24) is 9.88 Å². The second-order valence-corrected chi connectivity index (χ2v) is 4.88. The number of thiazole rings is 1. The summed E-state index contributed by atoms with van der Waals surface area (Å²) >= 11 is 1.34. The number of piperidine rings is 1. The van der Waals surface area contributed by atoms with E-state index in [4.69, 9.17) is 5.73 Å². The molecule has 3 N–H and O–H groups in total. The van der Waals surface area contributed by atoms with Crippen LogP contribution in [0, 0.1) is 0 Å². The van der Waals surface area contributed by atoms with E-state index in [0.29, 0.717) is 17.4 Å². The highest BCUT2D eigenvalue weighted by atomic mass is 32.1. The standard InChI is InChI=1S/C10H15N3O2S/c11-10-12-7(6-16-10)4-9(15)13-3-1-2-8(14)5-13/h6,8,14H,1-5H2,(H2,11,12)/t8-/m0/s1. The van der Waals surface area contributed by atoms with Gasteiger partial charge in [0.15, 0.2) is 5.13 Å². The van der Waals surface area contributed by atoms with Crippen LogP contribution in [0.25, 0.3) is 0 Å². The molecular weight excluding hydrogens is 226 g/mol. The van der Waals surface area contributed by atoms with Crippen LogP contribution in [-0.4, -0.2) is 40.1 Å². The Labute approximate surface area is 97.9 Å². The van der Waals surface area contributed by atoms with Crippen LogP contribution >= 0.6 is 11.3 Å². The van der Waals surface area contributed by atoms with Crippen molar-refractivity contribution in [3.63, 3.8) is 0 Å². The van der Waals surface area contributed by atoms with Crippen LogP contribution in [0.2, 0.25) is 0 Å². The van der Waals surface area contributed by atoms with Crippen molar-refractivity contribution in [3.8, 4) is 0 Å². The van der Waals surface area contributed by atoms with E-state index in [9.17, 15) is 9.90 Å². The van der Waals surface area contributed by atoms with Crippen LogP contribution in [-0.2, 0) is 11.2 Å². The molecule has 0 aliphatic carbocycles. The van der Waals surface area contributed by atoms with Gasteiger partial charge in [-0.25, -0.2) is 4.98 Å². The number of carbonyl (C=O) groups excluding carboxylic acids is 1. The van der Waals surface area contributed by atoms with Crippen LogP contribution in [0.15, 0.2) is 5.38 Å². The third kappa shape index (κ3) is 2.70. The Kier molecular flexibility index (Phi) is 3.40. The van der Waals surface area contributed by atoms with Gasteiger partial charge in [-0.3, -0.25) is 4.79 Å². The van der Waals surface area contributed by atoms with E-state index in [0.717, 1.165) is 19.4 Å². The Balaban J connectivity index is 1.92. The minimum Gasteiger partial charge on any atom is -0.391 e. The number of β-amino-alcohol motifs (C(OH)–C–C–N with tert-alkyl or cyclic N) is 1. The Morgan fingerprint density at radius 3 is 3.19 bits per heavy atom. The first-order valence-corrected chi connectivity index (χ1v) is 6.19. The number of amides is 1. The van der Waals surface area contributed by atoms with E-state index in [-0.39, 0.29) is 18.4 Å². The Morgan fingerprint density at radius 2 is 2.56 bits per heavy atom. The van der Waals surface area contributed by atoms with Gasteiger partial charge in [-0.05, 0) is 12.8 Å². The summed E-state index contributed by atoms with van der Waals surface area (Å²) < 4.78 is 0. The van der Waals surface area contributed by atoms with E-state index < -0.39 is 0 Å². The normalized spacial score (nSPS) is 21.1. The minimum absolute atomic E-state index is 0.0176. The fraction of sp³-hybridized carbons (Fsp3) is 0.600. The molecule has 1 amide bonds. The van der Waals surface area contributed by atoms with Gasteiger partial charge < -0.3 is 15.7 Å². The molecule has 1 aliphatic rings. The average Bonchev–Trinajstić information content (AvgIpc) is 2.64. The molecule has 5 nitrogen and oxygen atoms in total. The minimum atomic E-state index is -0.377. The first kappa shape index (κ1) is 11.3. The topological polar surface area (TPSA) is 79.5 Å². The van der Waals surface area contributed by atoms with Crippen molar-refractivity contribution >= 4 is 22.4 Å². The predicted molar refractivity (Wildman–Crippen MR) is 62.1 cm³/mol. The molecule has 0 unspecified atom stereocenters. The lowest BCUT2D eigenvalue weighted by Crippen LogP contribution is -2.42. The summed E-state index contributed by atoms with van der Waals surface area (Å²) in [6.07, 6.45) is 1.55. The zero-order valence-corrected chi connectivity index (χ0v) is 9.74. The maximum atomic E-state index is 11.9. The number of rotatable bonds is 2. The number of aliphatic hydroxyl groups excluding tert-OH is 1. The maximum Gasteiger partial charge on any atom is 0.228 e. The Bertz CT molecular complexity index is 380. The molecular formula is C10H15N3O2S. The molecule has 1 fully saturated rings. The first-order valence-electron chi connectivity index (χ1n) is 5.31. The number of anilines is 1. The molecule has 0 spiro atoms. The molecule has 16 heavy (non-hydrogen) atoms. The van der Waals surface area contributed by atoms with Gasteiger partial charge in [0.05, 0.1) is 18.2 Å². The third-order valence-corrected chi connectivity index (χ3v) is 3.37. The summed E-state index contributed by atoms with van der Waals surface area (Å²) in [5.74, 6) is 0.0176. The molecule has 0 bridgehead atoms. The van der Waals surface area contributed by atoms with Gasteiger partial charge in [-0.15, -0.1) is 11.3 Å². The van der Waals surface area contributed by atoms with Crippen molar-refractivity contribution < 1.29 is 9.90 Å². The van der Waals surface area contributed by atoms with Crippen molar-refractivity contribution in [2.45, 2.75) is 25.4 Å². The average molecular weight is 241 g/mol. The monoisotopic (exact) mass is 241 g/mol. The summed E-state index contributed by atoms with van der Waals surface area (Å²) in [6, 6.07) is 0. The van der Waals surface area contributed by atoms with Gasteiger partial charge in [0.25, 0.3) is 0 Å². The molecule has 2 heterocycles. The highest BCUT2D eigenvalue weighted by Crippen LogP contribution is 2.14.